The smallest absolute Gasteiger partial charge is 0.383 e. The molecule has 2 N–H and O–H groups in total. The average Bonchev–Trinajstić information content (AvgIpc) is 2.17. The van der Waals surface area contributed by atoms with E-state index in [2.05, 4.69) is 0 Å². The van der Waals surface area contributed by atoms with E-state index < -0.39 is 24.1 Å². The number of ether oxygens (including phenoxy) is 1. The molecule has 0 heterocycles. The van der Waals surface area contributed by atoms with E-state index in [9.17, 15) is 13.2 Å². The minimum absolute atomic E-state index is 0.206. The normalized spacial score (nSPS) is 30.2. The Bertz CT molecular complexity index is 196. The van der Waals surface area contributed by atoms with Crippen LogP contribution in [0.2, 0.25) is 0 Å². The highest BCUT2D eigenvalue weighted by Gasteiger charge is 2.47. The van der Waals surface area contributed by atoms with Crippen molar-refractivity contribution in [3.05, 3.63) is 0 Å². The van der Waals surface area contributed by atoms with Crippen LogP contribution in [0.1, 0.15) is 25.7 Å². The Morgan fingerprint density at radius 1 is 1.33 bits per heavy atom. The van der Waals surface area contributed by atoms with Gasteiger partial charge in [-0.15, -0.1) is 0 Å². The van der Waals surface area contributed by atoms with Crippen molar-refractivity contribution in [2.45, 2.75) is 37.9 Å². The molecule has 0 bridgehead atoms. The van der Waals surface area contributed by atoms with Crippen molar-refractivity contribution in [1.82, 2.24) is 0 Å². The summed E-state index contributed by atoms with van der Waals surface area (Å²) in [4.78, 5) is 0. The second-order valence-electron chi connectivity index (χ2n) is 4.22. The number of hydrogen-bond acceptors (Lipinski definition) is 2. The van der Waals surface area contributed by atoms with Crippen molar-refractivity contribution < 1.29 is 17.9 Å². The third-order valence-electron chi connectivity index (χ3n) is 3.15. The van der Waals surface area contributed by atoms with Crippen LogP contribution in [0.15, 0.2) is 0 Å². The van der Waals surface area contributed by atoms with E-state index in [4.69, 9.17) is 10.5 Å². The molecule has 0 spiro atoms. The first-order valence-corrected chi connectivity index (χ1v) is 5.28. The van der Waals surface area contributed by atoms with E-state index in [1.165, 1.54) is 7.11 Å². The molecule has 5 heteroatoms. The Morgan fingerprint density at radius 2 is 1.93 bits per heavy atom. The van der Waals surface area contributed by atoms with Crippen LogP contribution in [0.3, 0.4) is 0 Å². The molecule has 1 fully saturated rings. The van der Waals surface area contributed by atoms with Crippen LogP contribution in [0, 0.1) is 11.8 Å². The fraction of sp³-hybridized carbons (Fsp3) is 1.00. The summed E-state index contributed by atoms with van der Waals surface area (Å²) in [5, 5.41) is 0. The van der Waals surface area contributed by atoms with Crippen LogP contribution in [0.4, 0.5) is 13.2 Å². The molecular weight excluding hydrogens is 207 g/mol. The van der Waals surface area contributed by atoms with Crippen LogP contribution in [-0.4, -0.2) is 25.9 Å². The topological polar surface area (TPSA) is 35.2 Å². The minimum Gasteiger partial charge on any atom is -0.383 e. The molecule has 0 aliphatic heterocycles. The van der Waals surface area contributed by atoms with Gasteiger partial charge in [0.25, 0.3) is 0 Å². The van der Waals surface area contributed by atoms with E-state index in [0.717, 1.165) is 6.42 Å². The maximum atomic E-state index is 12.7. The highest BCUT2D eigenvalue weighted by molar-refractivity contribution is 4.86. The molecule has 1 aliphatic carbocycles. The van der Waals surface area contributed by atoms with Crippen molar-refractivity contribution >= 4 is 0 Å². The molecular formula is C10H18F3NO. The summed E-state index contributed by atoms with van der Waals surface area (Å²) in [6.07, 6.45) is -1.84. The van der Waals surface area contributed by atoms with Crippen molar-refractivity contribution in [3.8, 4) is 0 Å². The zero-order valence-electron chi connectivity index (χ0n) is 8.89. The second-order valence-corrected chi connectivity index (χ2v) is 4.22. The molecule has 3 unspecified atom stereocenters. The van der Waals surface area contributed by atoms with Gasteiger partial charge < -0.3 is 10.5 Å². The van der Waals surface area contributed by atoms with Gasteiger partial charge in [0.05, 0.1) is 12.5 Å². The standard InChI is InChI=1S/C10H18F3NO/c1-15-6-9(14)7-4-2-3-5-8(7)10(11,12)13/h7-9H,2-6,14H2,1H3. The van der Waals surface area contributed by atoms with Crippen LogP contribution < -0.4 is 5.73 Å². The summed E-state index contributed by atoms with van der Waals surface area (Å²) in [6, 6.07) is -0.498. The molecule has 0 amide bonds. The van der Waals surface area contributed by atoms with E-state index >= 15 is 0 Å². The van der Waals surface area contributed by atoms with Crippen LogP contribution >= 0.6 is 0 Å². The molecule has 0 aromatic rings. The molecule has 90 valence electrons. The zero-order valence-corrected chi connectivity index (χ0v) is 8.89. The Hall–Kier alpha value is -0.290. The first kappa shape index (κ1) is 12.8. The van der Waals surface area contributed by atoms with Gasteiger partial charge in [0, 0.05) is 13.2 Å². The summed E-state index contributed by atoms with van der Waals surface area (Å²) in [6.45, 7) is 0.206. The third-order valence-corrected chi connectivity index (χ3v) is 3.15. The molecule has 2 nitrogen and oxygen atoms in total. The number of methoxy groups -OCH3 is 1. The van der Waals surface area contributed by atoms with Crippen molar-refractivity contribution in [3.63, 3.8) is 0 Å². The summed E-state index contributed by atoms with van der Waals surface area (Å²) < 4.78 is 42.9. The summed E-state index contributed by atoms with van der Waals surface area (Å²) in [5.74, 6) is -1.71. The minimum atomic E-state index is -4.11. The summed E-state index contributed by atoms with van der Waals surface area (Å²) in [5.41, 5.74) is 5.72. The first-order valence-electron chi connectivity index (χ1n) is 5.28. The lowest BCUT2D eigenvalue weighted by atomic mass is 9.75. The monoisotopic (exact) mass is 225 g/mol. The molecule has 1 aliphatic rings. The lowest BCUT2D eigenvalue weighted by Gasteiger charge is -2.36. The second kappa shape index (κ2) is 5.16. The van der Waals surface area contributed by atoms with Crippen molar-refractivity contribution in [1.29, 1.82) is 0 Å². The number of nitrogens with two attached hydrogens (primary N) is 1. The third kappa shape index (κ3) is 3.34. The van der Waals surface area contributed by atoms with Crippen molar-refractivity contribution in [2.75, 3.05) is 13.7 Å². The SMILES string of the molecule is COCC(N)C1CCCCC1C(F)(F)F. The Kier molecular flexibility index (Phi) is 4.40. The molecule has 1 saturated carbocycles. The number of rotatable bonds is 3. The lowest BCUT2D eigenvalue weighted by molar-refractivity contribution is -0.199. The predicted octanol–water partition coefficient (Wildman–Crippen LogP) is 2.33. The number of alkyl halides is 3. The fourth-order valence-corrected chi connectivity index (χ4v) is 2.39. The van der Waals surface area contributed by atoms with Gasteiger partial charge in [-0.1, -0.05) is 12.8 Å². The van der Waals surface area contributed by atoms with E-state index in [-0.39, 0.29) is 13.0 Å². The number of halogens is 3. The van der Waals surface area contributed by atoms with E-state index in [1.807, 2.05) is 0 Å². The van der Waals surface area contributed by atoms with Gasteiger partial charge in [-0.05, 0) is 18.8 Å². The molecule has 3 atom stereocenters. The molecule has 1 rings (SSSR count). The highest BCUT2D eigenvalue weighted by atomic mass is 19.4. The highest BCUT2D eigenvalue weighted by Crippen LogP contribution is 2.42. The van der Waals surface area contributed by atoms with Gasteiger partial charge in [0.1, 0.15) is 0 Å². The van der Waals surface area contributed by atoms with Gasteiger partial charge in [0.2, 0.25) is 0 Å². The Balaban J connectivity index is 2.65. The summed E-state index contributed by atoms with van der Waals surface area (Å²) in [7, 11) is 1.46. The Labute approximate surface area is 88.0 Å². The van der Waals surface area contributed by atoms with E-state index in [0.29, 0.717) is 12.8 Å². The van der Waals surface area contributed by atoms with E-state index in [1.54, 1.807) is 0 Å². The largest absolute Gasteiger partial charge is 0.392 e. The first-order chi connectivity index (χ1) is 6.96. The maximum absolute atomic E-state index is 12.7. The molecule has 0 aromatic carbocycles. The van der Waals surface area contributed by atoms with Gasteiger partial charge >= 0.3 is 6.18 Å². The van der Waals surface area contributed by atoms with Crippen LogP contribution in [0.5, 0.6) is 0 Å². The Morgan fingerprint density at radius 3 is 2.47 bits per heavy atom. The molecule has 0 saturated heterocycles. The van der Waals surface area contributed by atoms with Crippen LogP contribution in [-0.2, 0) is 4.74 Å². The molecule has 0 aromatic heterocycles. The molecule has 0 radical (unpaired) electrons. The van der Waals surface area contributed by atoms with Gasteiger partial charge in [-0.2, -0.15) is 13.2 Å². The van der Waals surface area contributed by atoms with Crippen LogP contribution in [0.25, 0.3) is 0 Å². The van der Waals surface area contributed by atoms with Gasteiger partial charge in [-0.25, -0.2) is 0 Å². The maximum Gasteiger partial charge on any atom is 0.392 e. The summed E-state index contributed by atoms with van der Waals surface area (Å²) >= 11 is 0. The fourth-order valence-electron chi connectivity index (χ4n) is 2.39. The average molecular weight is 225 g/mol. The predicted molar refractivity (Wildman–Crippen MR) is 51.4 cm³/mol. The van der Waals surface area contributed by atoms with Gasteiger partial charge in [0.15, 0.2) is 0 Å². The van der Waals surface area contributed by atoms with Crippen molar-refractivity contribution in [2.24, 2.45) is 17.6 Å². The quantitative estimate of drug-likeness (QED) is 0.800. The lowest BCUT2D eigenvalue weighted by Crippen LogP contribution is -2.45. The number of hydrogen-bond donors (Lipinski definition) is 1. The zero-order chi connectivity index (χ0) is 11.5. The molecule has 15 heavy (non-hydrogen) atoms. The van der Waals surface area contributed by atoms with Gasteiger partial charge in [-0.3, -0.25) is 0 Å².